The van der Waals surface area contributed by atoms with Crippen LogP contribution in [-0.4, -0.2) is 24.0 Å². The molecule has 1 unspecified atom stereocenters. The number of rotatable bonds is 4. The summed E-state index contributed by atoms with van der Waals surface area (Å²) >= 11 is 0. The topological polar surface area (TPSA) is 51.2 Å². The molecule has 4 rings (SSSR count). The second-order valence-corrected chi connectivity index (χ2v) is 7.29. The third-order valence-electron chi connectivity index (χ3n) is 5.37. The van der Waals surface area contributed by atoms with Gasteiger partial charge >= 0.3 is 0 Å². The number of ether oxygens (including phenoxy) is 1. The Hall–Kier alpha value is -2.88. The van der Waals surface area contributed by atoms with E-state index in [9.17, 15) is 4.79 Å². The molecule has 1 aromatic heterocycles. The summed E-state index contributed by atoms with van der Waals surface area (Å²) in [5.41, 5.74) is 5.29. The fraction of sp³-hybridized carbons (Fsp3) is 0.304. The Morgan fingerprint density at radius 3 is 2.81 bits per heavy atom. The highest BCUT2D eigenvalue weighted by Crippen LogP contribution is 2.26. The van der Waals surface area contributed by atoms with E-state index >= 15 is 0 Å². The van der Waals surface area contributed by atoms with Crippen LogP contribution in [0.4, 0.5) is 0 Å². The summed E-state index contributed by atoms with van der Waals surface area (Å²) in [5, 5.41) is 4.20. The number of para-hydroxylation sites is 2. The first-order chi connectivity index (χ1) is 13.1. The van der Waals surface area contributed by atoms with Crippen LogP contribution in [0.5, 0.6) is 5.75 Å². The number of carbonyl (C=O) groups is 1. The van der Waals surface area contributed by atoms with Crippen LogP contribution < -0.4 is 10.1 Å². The molecule has 1 N–H and O–H groups in total. The monoisotopic (exact) mass is 360 g/mol. The highest BCUT2D eigenvalue weighted by molar-refractivity contribution is 5.86. The number of fused-ring (bicyclic) bond motifs is 2. The van der Waals surface area contributed by atoms with E-state index in [1.54, 1.807) is 0 Å². The van der Waals surface area contributed by atoms with Gasteiger partial charge in [-0.3, -0.25) is 9.78 Å². The minimum absolute atomic E-state index is 0.0390. The molecule has 2 heterocycles. The van der Waals surface area contributed by atoms with Gasteiger partial charge in [0.15, 0.2) is 0 Å². The zero-order valence-electron chi connectivity index (χ0n) is 15.8. The van der Waals surface area contributed by atoms with Crippen LogP contribution in [0.1, 0.15) is 22.4 Å². The van der Waals surface area contributed by atoms with E-state index in [1.807, 2.05) is 43.3 Å². The maximum Gasteiger partial charge on any atom is 0.224 e. The lowest BCUT2D eigenvalue weighted by Crippen LogP contribution is -2.35. The summed E-state index contributed by atoms with van der Waals surface area (Å²) in [7, 11) is 0. The molecule has 0 aliphatic carbocycles. The van der Waals surface area contributed by atoms with Gasteiger partial charge in [-0.1, -0.05) is 36.4 Å². The Bertz CT molecular complexity index is 997. The SMILES string of the molecule is Cc1nc2ccccc2c(C)c1CC(=O)NCC1COc2ccccc2C1. The van der Waals surface area contributed by atoms with Crippen LogP contribution in [0, 0.1) is 19.8 Å². The van der Waals surface area contributed by atoms with Crippen LogP contribution >= 0.6 is 0 Å². The quantitative estimate of drug-likeness (QED) is 0.771. The van der Waals surface area contributed by atoms with Gasteiger partial charge in [-0.05, 0) is 49.1 Å². The molecular weight excluding hydrogens is 336 g/mol. The number of hydrogen-bond acceptors (Lipinski definition) is 3. The third-order valence-corrected chi connectivity index (χ3v) is 5.37. The van der Waals surface area contributed by atoms with Crippen LogP contribution in [-0.2, 0) is 17.6 Å². The fourth-order valence-corrected chi connectivity index (χ4v) is 3.83. The molecule has 0 radical (unpaired) electrons. The number of nitrogens with zero attached hydrogens (tertiary/aromatic N) is 1. The fourth-order valence-electron chi connectivity index (χ4n) is 3.83. The van der Waals surface area contributed by atoms with Crippen LogP contribution in [0.3, 0.4) is 0 Å². The van der Waals surface area contributed by atoms with Crippen molar-refractivity contribution in [3.63, 3.8) is 0 Å². The van der Waals surface area contributed by atoms with Gasteiger partial charge in [0, 0.05) is 23.5 Å². The first-order valence-electron chi connectivity index (χ1n) is 9.44. The van der Waals surface area contributed by atoms with Crippen molar-refractivity contribution in [2.24, 2.45) is 5.92 Å². The van der Waals surface area contributed by atoms with Crippen molar-refractivity contribution in [1.82, 2.24) is 10.3 Å². The number of aryl methyl sites for hydroxylation is 2. The van der Waals surface area contributed by atoms with Gasteiger partial charge in [0.25, 0.3) is 0 Å². The largest absolute Gasteiger partial charge is 0.493 e. The van der Waals surface area contributed by atoms with Gasteiger partial charge in [0.1, 0.15) is 5.75 Å². The molecule has 27 heavy (non-hydrogen) atoms. The highest BCUT2D eigenvalue weighted by atomic mass is 16.5. The van der Waals surface area contributed by atoms with Gasteiger partial charge < -0.3 is 10.1 Å². The van der Waals surface area contributed by atoms with Crippen molar-refractivity contribution in [3.8, 4) is 5.75 Å². The van der Waals surface area contributed by atoms with E-state index in [-0.39, 0.29) is 5.91 Å². The Kier molecular flexibility index (Phi) is 4.80. The summed E-state index contributed by atoms with van der Waals surface area (Å²) in [6.45, 7) is 5.33. The summed E-state index contributed by atoms with van der Waals surface area (Å²) in [6, 6.07) is 16.2. The molecule has 3 aromatic rings. The van der Waals surface area contributed by atoms with Crippen molar-refractivity contribution in [2.45, 2.75) is 26.7 Å². The predicted octanol–water partition coefficient (Wildman–Crippen LogP) is 3.76. The maximum absolute atomic E-state index is 12.6. The minimum Gasteiger partial charge on any atom is -0.493 e. The van der Waals surface area contributed by atoms with Gasteiger partial charge in [0.2, 0.25) is 5.91 Å². The standard InChI is InChI=1S/C23H24N2O2/c1-15-19-8-4-5-9-21(19)25-16(2)20(15)12-23(26)24-13-17-11-18-7-3-6-10-22(18)27-14-17/h3-10,17H,11-14H2,1-2H3,(H,24,26). The second-order valence-electron chi connectivity index (χ2n) is 7.29. The molecule has 1 amide bonds. The van der Waals surface area contributed by atoms with Crippen molar-refractivity contribution in [2.75, 3.05) is 13.2 Å². The Labute approximate surface area is 159 Å². The van der Waals surface area contributed by atoms with Gasteiger partial charge in [-0.2, -0.15) is 0 Å². The van der Waals surface area contributed by atoms with Gasteiger partial charge in [-0.15, -0.1) is 0 Å². The normalized spacial score (nSPS) is 15.9. The molecule has 138 valence electrons. The van der Waals surface area contributed by atoms with E-state index in [1.165, 1.54) is 5.56 Å². The Morgan fingerprint density at radius 2 is 1.93 bits per heavy atom. The number of pyridine rings is 1. The first kappa shape index (κ1) is 17.5. The summed E-state index contributed by atoms with van der Waals surface area (Å²) in [6.07, 6.45) is 1.30. The minimum atomic E-state index is 0.0390. The molecule has 4 nitrogen and oxygen atoms in total. The second kappa shape index (κ2) is 7.39. The number of hydrogen-bond donors (Lipinski definition) is 1. The van der Waals surface area contributed by atoms with Crippen molar-refractivity contribution >= 4 is 16.8 Å². The Balaban J connectivity index is 1.41. The third kappa shape index (κ3) is 3.65. The molecule has 1 aliphatic heterocycles. The summed E-state index contributed by atoms with van der Waals surface area (Å²) in [4.78, 5) is 17.2. The number of carbonyl (C=O) groups excluding carboxylic acids is 1. The molecule has 0 bridgehead atoms. The van der Waals surface area contributed by atoms with Crippen LogP contribution in [0.25, 0.3) is 10.9 Å². The van der Waals surface area contributed by atoms with E-state index in [4.69, 9.17) is 4.74 Å². The highest BCUT2D eigenvalue weighted by Gasteiger charge is 2.20. The lowest BCUT2D eigenvalue weighted by atomic mass is 9.96. The van der Waals surface area contributed by atoms with Gasteiger partial charge in [-0.25, -0.2) is 0 Å². The number of benzene rings is 2. The van der Waals surface area contributed by atoms with Crippen LogP contribution in [0.15, 0.2) is 48.5 Å². The van der Waals surface area contributed by atoms with E-state index in [0.717, 1.165) is 39.9 Å². The number of nitrogens with one attached hydrogen (secondary N) is 1. The molecule has 2 aromatic carbocycles. The molecule has 0 saturated carbocycles. The first-order valence-corrected chi connectivity index (χ1v) is 9.44. The van der Waals surface area contributed by atoms with Crippen LogP contribution in [0.2, 0.25) is 0 Å². The zero-order chi connectivity index (χ0) is 18.8. The van der Waals surface area contributed by atoms with Crippen molar-refractivity contribution < 1.29 is 9.53 Å². The molecule has 1 atom stereocenters. The summed E-state index contributed by atoms with van der Waals surface area (Å²) in [5.74, 6) is 1.31. The van der Waals surface area contributed by atoms with E-state index in [0.29, 0.717) is 25.5 Å². The number of aromatic nitrogens is 1. The molecular formula is C23H24N2O2. The number of amides is 1. The maximum atomic E-state index is 12.6. The average Bonchev–Trinajstić information content (AvgIpc) is 2.69. The van der Waals surface area contributed by atoms with Crippen molar-refractivity contribution in [3.05, 3.63) is 70.9 Å². The molecule has 0 fully saturated rings. The predicted molar refractivity (Wildman–Crippen MR) is 107 cm³/mol. The molecule has 4 heteroatoms. The van der Waals surface area contributed by atoms with Crippen molar-refractivity contribution in [1.29, 1.82) is 0 Å². The Morgan fingerprint density at radius 1 is 1.15 bits per heavy atom. The molecule has 1 aliphatic rings. The lowest BCUT2D eigenvalue weighted by molar-refractivity contribution is -0.120. The average molecular weight is 360 g/mol. The zero-order valence-corrected chi connectivity index (χ0v) is 15.8. The van der Waals surface area contributed by atoms with Gasteiger partial charge in [0.05, 0.1) is 18.5 Å². The summed E-state index contributed by atoms with van der Waals surface area (Å²) < 4.78 is 5.81. The lowest BCUT2D eigenvalue weighted by Gasteiger charge is -2.25. The smallest absolute Gasteiger partial charge is 0.224 e. The molecule has 0 saturated heterocycles. The van der Waals surface area contributed by atoms with E-state index in [2.05, 4.69) is 29.4 Å². The molecule has 0 spiro atoms. The van der Waals surface area contributed by atoms with E-state index < -0.39 is 0 Å².